The van der Waals surface area contributed by atoms with Crippen LogP contribution in [0.4, 0.5) is 0 Å². The molecule has 0 saturated heterocycles. The number of esters is 1. The van der Waals surface area contributed by atoms with Gasteiger partial charge in [-0.05, 0) is 87.5 Å². The Balaban J connectivity index is 1.33. The van der Waals surface area contributed by atoms with Crippen LogP contribution in [0, 0.1) is 34.5 Å². The van der Waals surface area contributed by atoms with Gasteiger partial charge in [-0.25, -0.2) is 8.42 Å². The standard InChI is InChI=1S/C22H26N2O5S/c1-14(21(26)22-9-16-6-17(10-22)8-18(7-16)11-22)29-20(25)13-24-30(27,28)19-4-2-15(12-23)3-5-19/h2-5,14,16-18,24H,6-11,13H2,1H3/t14-,16?,17?,18?,22?/m0/s1. The highest BCUT2D eigenvalue weighted by molar-refractivity contribution is 7.89. The van der Waals surface area contributed by atoms with Crippen molar-refractivity contribution in [1.82, 2.24) is 4.72 Å². The van der Waals surface area contributed by atoms with Crippen LogP contribution >= 0.6 is 0 Å². The molecule has 0 aromatic heterocycles. The molecule has 1 atom stereocenters. The molecule has 4 fully saturated rings. The normalized spacial score (nSPS) is 30.5. The van der Waals surface area contributed by atoms with Crippen molar-refractivity contribution in [3.8, 4) is 6.07 Å². The molecule has 0 spiro atoms. The van der Waals surface area contributed by atoms with E-state index < -0.39 is 28.6 Å². The molecule has 160 valence electrons. The molecule has 0 aliphatic heterocycles. The molecule has 4 aliphatic rings. The minimum atomic E-state index is -3.92. The first kappa shape index (κ1) is 21.0. The zero-order valence-corrected chi connectivity index (χ0v) is 17.8. The van der Waals surface area contributed by atoms with Gasteiger partial charge in [0, 0.05) is 5.41 Å². The van der Waals surface area contributed by atoms with Gasteiger partial charge in [0.2, 0.25) is 10.0 Å². The average molecular weight is 431 g/mol. The number of carbonyl (C=O) groups is 2. The lowest BCUT2D eigenvalue weighted by atomic mass is 9.48. The number of Topliss-reactive ketones (excluding diaryl/α,β-unsaturated/α-hetero) is 1. The Morgan fingerprint density at radius 2 is 1.67 bits per heavy atom. The zero-order valence-electron chi connectivity index (χ0n) is 17.0. The molecule has 0 unspecified atom stereocenters. The maximum atomic E-state index is 13.2. The molecular weight excluding hydrogens is 404 g/mol. The summed E-state index contributed by atoms with van der Waals surface area (Å²) in [5.41, 5.74) is -0.0263. The van der Waals surface area contributed by atoms with Crippen LogP contribution in [-0.2, 0) is 24.3 Å². The largest absolute Gasteiger partial charge is 0.454 e. The summed E-state index contributed by atoms with van der Waals surface area (Å²) in [6, 6.07) is 7.28. The van der Waals surface area contributed by atoms with E-state index in [0.29, 0.717) is 23.3 Å². The molecule has 0 amide bonds. The van der Waals surface area contributed by atoms with Gasteiger partial charge in [-0.15, -0.1) is 0 Å². The number of ketones is 1. The second-order valence-electron chi connectivity index (χ2n) is 9.15. The van der Waals surface area contributed by atoms with Crippen molar-refractivity contribution < 1.29 is 22.7 Å². The molecule has 1 N–H and O–H groups in total. The SMILES string of the molecule is C[C@H](OC(=O)CNS(=O)(=O)c1ccc(C#N)cc1)C(=O)C12CC3CC(CC(C3)C1)C2. The number of hydrogen-bond donors (Lipinski definition) is 1. The summed E-state index contributed by atoms with van der Waals surface area (Å²) in [6.07, 6.45) is 5.46. The summed E-state index contributed by atoms with van der Waals surface area (Å²) < 4.78 is 32.1. The van der Waals surface area contributed by atoms with E-state index in [1.807, 2.05) is 6.07 Å². The van der Waals surface area contributed by atoms with Crippen LogP contribution in [0.1, 0.15) is 51.0 Å². The lowest BCUT2D eigenvalue weighted by molar-refractivity contribution is -0.164. The van der Waals surface area contributed by atoms with Crippen molar-refractivity contribution >= 4 is 21.8 Å². The third kappa shape index (κ3) is 4.01. The highest BCUT2D eigenvalue weighted by Crippen LogP contribution is 2.60. The highest BCUT2D eigenvalue weighted by Gasteiger charge is 2.55. The van der Waals surface area contributed by atoms with Crippen molar-refractivity contribution in [3.63, 3.8) is 0 Å². The lowest BCUT2D eigenvalue weighted by Crippen LogP contribution is -2.53. The van der Waals surface area contributed by atoms with Crippen LogP contribution in [0.5, 0.6) is 0 Å². The van der Waals surface area contributed by atoms with Crippen LogP contribution in [0.3, 0.4) is 0 Å². The van der Waals surface area contributed by atoms with Crippen LogP contribution in [0.2, 0.25) is 0 Å². The molecule has 8 heteroatoms. The van der Waals surface area contributed by atoms with Gasteiger partial charge in [0.1, 0.15) is 6.54 Å². The van der Waals surface area contributed by atoms with Crippen molar-refractivity contribution in [2.24, 2.45) is 23.2 Å². The number of nitrogens with one attached hydrogen (secondary N) is 1. The van der Waals surface area contributed by atoms with Gasteiger partial charge in [0.15, 0.2) is 11.9 Å². The number of ether oxygens (including phenoxy) is 1. The molecule has 0 heterocycles. The summed E-state index contributed by atoms with van der Waals surface area (Å²) >= 11 is 0. The number of carbonyl (C=O) groups excluding carboxylic acids is 2. The molecule has 5 rings (SSSR count). The first-order valence-electron chi connectivity index (χ1n) is 10.4. The number of nitriles is 1. The zero-order chi connectivity index (χ0) is 21.5. The second-order valence-corrected chi connectivity index (χ2v) is 10.9. The predicted octanol–water partition coefficient (Wildman–Crippen LogP) is 2.55. The minimum absolute atomic E-state index is 0.00935. The summed E-state index contributed by atoms with van der Waals surface area (Å²) in [5, 5.41) is 8.80. The maximum absolute atomic E-state index is 13.2. The van der Waals surface area contributed by atoms with Gasteiger partial charge >= 0.3 is 5.97 Å². The number of hydrogen-bond acceptors (Lipinski definition) is 6. The van der Waals surface area contributed by atoms with Crippen LogP contribution < -0.4 is 4.72 Å². The number of sulfonamides is 1. The summed E-state index contributed by atoms with van der Waals surface area (Å²) in [6.45, 7) is 1.04. The quantitative estimate of drug-likeness (QED) is 0.665. The summed E-state index contributed by atoms with van der Waals surface area (Å²) in [7, 11) is -3.92. The molecule has 0 radical (unpaired) electrons. The van der Waals surface area contributed by atoms with Crippen molar-refractivity contribution in [2.75, 3.05) is 6.54 Å². The van der Waals surface area contributed by atoms with Gasteiger partial charge in [-0.2, -0.15) is 9.98 Å². The molecule has 4 saturated carbocycles. The Hall–Kier alpha value is -2.24. The van der Waals surface area contributed by atoms with Crippen LogP contribution in [0.25, 0.3) is 0 Å². The van der Waals surface area contributed by atoms with Gasteiger partial charge in [-0.3, -0.25) is 9.59 Å². The second kappa shape index (κ2) is 7.78. The molecule has 4 bridgehead atoms. The molecule has 4 aliphatic carbocycles. The van der Waals surface area contributed by atoms with Gasteiger partial charge < -0.3 is 4.74 Å². The van der Waals surface area contributed by atoms with E-state index in [4.69, 9.17) is 10.00 Å². The van der Waals surface area contributed by atoms with Crippen LogP contribution in [0.15, 0.2) is 29.2 Å². The minimum Gasteiger partial charge on any atom is -0.454 e. The van der Waals surface area contributed by atoms with Crippen molar-refractivity contribution in [2.45, 2.75) is 56.4 Å². The summed E-state index contributed by atoms with van der Waals surface area (Å²) in [4.78, 5) is 25.3. The van der Waals surface area contributed by atoms with E-state index in [0.717, 1.165) is 19.3 Å². The third-order valence-corrected chi connectivity index (χ3v) is 8.36. The molecular formula is C22H26N2O5S. The van der Waals surface area contributed by atoms with Crippen molar-refractivity contribution in [3.05, 3.63) is 29.8 Å². The Bertz CT molecular complexity index is 958. The van der Waals surface area contributed by atoms with E-state index in [2.05, 4.69) is 4.72 Å². The van der Waals surface area contributed by atoms with Gasteiger partial charge in [-0.1, -0.05) is 0 Å². The predicted molar refractivity (Wildman–Crippen MR) is 108 cm³/mol. The number of benzene rings is 1. The first-order chi connectivity index (χ1) is 14.2. The molecule has 1 aromatic rings. The molecule has 1 aromatic carbocycles. The van der Waals surface area contributed by atoms with Crippen LogP contribution in [-0.4, -0.2) is 32.8 Å². The number of rotatable bonds is 7. The van der Waals surface area contributed by atoms with E-state index in [-0.39, 0.29) is 16.1 Å². The fraction of sp³-hybridized carbons (Fsp3) is 0.591. The Morgan fingerprint density at radius 1 is 1.13 bits per heavy atom. The molecule has 30 heavy (non-hydrogen) atoms. The fourth-order valence-electron chi connectivity index (χ4n) is 6.08. The maximum Gasteiger partial charge on any atom is 0.321 e. The first-order valence-corrected chi connectivity index (χ1v) is 11.9. The van der Waals surface area contributed by atoms with Crippen molar-refractivity contribution in [1.29, 1.82) is 5.26 Å². The van der Waals surface area contributed by atoms with Gasteiger partial charge in [0.25, 0.3) is 0 Å². The average Bonchev–Trinajstić information content (AvgIpc) is 2.71. The Kier molecular flexibility index (Phi) is 5.45. The van der Waals surface area contributed by atoms with E-state index in [9.17, 15) is 18.0 Å². The highest BCUT2D eigenvalue weighted by atomic mass is 32.2. The lowest BCUT2D eigenvalue weighted by Gasteiger charge is -2.56. The molecule has 7 nitrogen and oxygen atoms in total. The summed E-state index contributed by atoms with van der Waals surface area (Å²) in [5.74, 6) is 1.05. The Morgan fingerprint density at radius 3 is 2.17 bits per heavy atom. The number of nitrogens with zero attached hydrogens (tertiary/aromatic N) is 1. The van der Waals surface area contributed by atoms with E-state index >= 15 is 0 Å². The van der Waals surface area contributed by atoms with E-state index in [1.54, 1.807) is 6.92 Å². The monoisotopic (exact) mass is 430 g/mol. The topological polar surface area (TPSA) is 113 Å². The van der Waals surface area contributed by atoms with Gasteiger partial charge in [0.05, 0.1) is 16.5 Å². The van der Waals surface area contributed by atoms with E-state index in [1.165, 1.54) is 43.5 Å². The fourth-order valence-corrected chi connectivity index (χ4v) is 7.05. The smallest absolute Gasteiger partial charge is 0.321 e. The third-order valence-electron chi connectivity index (χ3n) is 6.94. The Labute approximate surface area is 176 Å².